The first-order valence-corrected chi connectivity index (χ1v) is 8.46. The summed E-state index contributed by atoms with van der Waals surface area (Å²) in [6, 6.07) is 2.31. The SMILES string of the molecule is NC(=O)CCNC(=O)C1=C[C@H](NC(=O)c2ccc(F)c(Cl)c2)[C@@H](O)[C@H](O)C1. The van der Waals surface area contributed by atoms with Crippen LogP contribution in [0.4, 0.5) is 4.39 Å². The number of benzene rings is 1. The molecule has 0 saturated heterocycles. The van der Waals surface area contributed by atoms with E-state index in [1.54, 1.807) is 0 Å². The lowest BCUT2D eigenvalue weighted by Crippen LogP contribution is -2.51. The van der Waals surface area contributed by atoms with Crippen LogP contribution in [-0.2, 0) is 9.59 Å². The van der Waals surface area contributed by atoms with Gasteiger partial charge in [-0.2, -0.15) is 0 Å². The van der Waals surface area contributed by atoms with E-state index >= 15 is 0 Å². The molecule has 1 aliphatic rings. The quantitative estimate of drug-likeness (QED) is 0.443. The summed E-state index contributed by atoms with van der Waals surface area (Å²) in [5.41, 5.74) is 5.18. The molecule has 0 unspecified atom stereocenters. The standard InChI is InChI=1S/C17H19ClFN3O5/c18-10-5-8(1-2-11(10)19)17(27)22-12-6-9(7-13(23)15(12)25)16(26)21-4-3-14(20)24/h1-2,5-6,12-13,15,23,25H,3-4,7H2,(H2,20,24)(H,21,26)(H,22,27)/t12-,13+,15+/m0/s1. The molecule has 1 aromatic carbocycles. The second kappa shape index (κ2) is 8.94. The topological polar surface area (TPSA) is 142 Å². The number of hydrogen-bond acceptors (Lipinski definition) is 5. The smallest absolute Gasteiger partial charge is 0.251 e. The monoisotopic (exact) mass is 399 g/mol. The Labute approximate surface area is 159 Å². The predicted octanol–water partition coefficient (Wildman–Crippen LogP) is -0.379. The summed E-state index contributed by atoms with van der Waals surface area (Å²) in [4.78, 5) is 35.1. The number of carbonyl (C=O) groups is 3. The summed E-state index contributed by atoms with van der Waals surface area (Å²) in [5, 5.41) is 24.8. The minimum absolute atomic E-state index is 0.0231. The van der Waals surface area contributed by atoms with Crippen LogP contribution in [0, 0.1) is 5.82 Å². The number of nitrogens with two attached hydrogens (primary N) is 1. The van der Waals surface area contributed by atoms with Gasteiger partial charge in [0.05, 0.1) is 17.2 Å². The molecule has 0 aromatic heterocycles. The van der Waals surface area contributed by atoms with Crippen molar-refractivity contribution in [1.82, 2.24) is 10.6 Å². The second-order valence-electron chi connectivity index (χ2n) is 6.05. The van der Waals surface area contributed by atoms with E-state index < -0.39 is 41.8 Å². The van der Waals surface area contributed by atoms with Crippen LogP contribution in [-0.4, -0.2) is 52.7 Å². The van der Waals surface area contributed by atoms with Gasteiger partial charge in [0.1, 0.15) is 11.9 Å². The van der Waals surface area contributed by atoms with Gasteiger partial charge >= 0.3 is 0 Å². The normalized spacial score (nSPS) is 21.9. The summed E-state index contributed by atoms with van der Waals surface area (Å²) in [5.74, 6) is -2.48. The number of aliphatic hydroxyl groups excluding tert-OH is 2. The Morgan fingerprint density at radius 3 is 2.59 bits per heavy atom. The number of rotatable bonds is 6. The van der Waals surface area contributed by atoms with Gasteiger partial charge < -0.3 is 26.6 Å². The molecule has 146 valence electrons. The number of amides is 3. The molecule has 0 heterocycles. The van der Waals surface area contributed by atoms with Crippen LogP contribution in [0.2, 0.25) is 5.02 Å². The summed E-state index contributed by atoms with van der Waals surface area (Å²) < 4.78 is 13.2. The van der Waals surface area contributed by atoms with E-state index in [1.165, 1.54) is 12.1 Å². The molecule has 1 aromatic rings. The lowest BCUT2D eigenvalue weighted by molar-refractivity contribution is -0.119. The van der Waals surface area contributed by atoms with Crippen molar-refractivity contribution >= 4 is 29.3 Å². The van der Waals surface area contributed by atoms with Crippen LogP contribution in [0.5, 0.6) is 0 Å². The summed E-state index contributed by atoms with van der Waals surface area (Å²) in [6.45, 7) is 0.0231. The van der Waals surface area contributed by atoms with E-state index in [4.69, 9.17) is 17.3 Å². The van der Waals surface area contributed by atoms with Gasteiger partial charge in [-0.1, -0.05) is 17.7 Å². The highest BCUT2D eigenvalue weighted by atomic mass is 35.5. The maximum Gasteiger partial charge on any atom is 0.251 e. The molecule has 0 aliphatic heterocycles. The van der Waals surface area contributed by atoms with E-state index in [-0.39, 0.29) is 35.5 Å². The Morgan fingerprint density at radius 2 is 1.96 bits per heavy atom. The van der Waals surface area contributed by atoms with Gasteiger partial charge in [-0.05, 0) is 18.2 Å². The zero-order valence-corrected chi connectivity index (χ0v) is 14.9. The van der Waals surface area contributed by atoms with Crippen molar-refractivity contribution in [2.75, 3.05) is 6.54 Å². The number of halogens is 2. The summed E-state index contributed by atoms with van der Waals surface area (Å²) >= 11 is 5.65. The molecule has 1 aliphatic carbocycles. The van der Waals surface area contributed by atoms with Gasteiger partial charge in [0.2, 0.25) is 11.8 Å². The molecule has 2 rings (SSSR count). The van der Waals surface area contributed by atoms with Crippen molar-refractivity contribution in [2.45, 2.75) is 31.1 Å². The largest absolute Gasteiger partial charge is 0.390 e. The third-order valence-electron chi connectivity index (χ3n) is 4.00. The molecule has 3 amide bonds. The fourth-order valence-electron chi connectivity index (χ4n) is 2.55. The molecule has 6 N–H and O–H groups in total. The van der Waals surface area contributed by atoms with Crippen LogP contribution in [0.15, 0.2) is 29.8 Å². The zero-order chi connectivity index (χ0) is 20.1. The molecule has 8 nitrogen and oxygen atoms in total. The molecule has 0 radical (unpaired) electrons. The molecule has 0 saturated carbocycles. The van der Waals surface area contributed by atoms with Crippen molar-refractivity contribution in [3.05, 3.63) is 46.3 Å². The van der Waals surface area contributed by atoms with Crippen molar-refractivity contribution in [3.8, 4) is 0 Å². The summed E-state index contributed by atoms with van der Waals surface area (Å²) in [7, 11) is 0. The molecular formula is C17H19ClFN3O5. The van der Waals surface area contributed by atoms with Crippen LogP contribution in [0.3, 0.4) is 0 Å². The first-order chi connectivity index (χ1) is 12.7. The minimum Gasteiger partial charge on any atom is -0.390 e. The average Bonchev–Trinajstić information content (AvgIpc) is 2.60. The fraction of sp³-hybridized carbons (Fsp3) is 0.353. The first-order valence-electron chi connectivity index (χ1n) is 8.08. The second-order valence-corrected chi connectivity index (χ2v) is 6.46. The van der Waals surface area contributed by atoms with E-state index in [0.29, 0.717) is 0 Å². The Hall–Kier alpha value is -2.49. The highest BCUT2D eigenvalue weighted by Gasteiger charge is 2.33. The number of carbonyl (C=O) groups excluding carboxylic acids is 3. The number of nitrogens with one attached hydrogen (secondary N) is 2. The maximum atomic E-state index is 13.2. The Bertz CT molecular complexity index is 786. The molecule has 10 heteroatoms. The van der Waals surface area contributed by atoms with Gasteiger partial charge in [0.15, 0.2) is 0 Å². The van der Waals surface area contributed by atoms with E-state index in [0.717, 1.165) is 12.1 Å². The van der Waals surface area contributed by atoms with Crippen LogP contribution < -0.4 is 16.4 Å². The van der Waals surface area contributed by atoms with Gasteiger partial charge in [0, 0.05) is 30.5 Å². The highest BCUT2D eigenvalue weighted by molar-refractivity contribution is 6.31. The van der Waals surface area contributed by atoms with Crippen LogP contribution in [0.25, 0.3) is 0 Å². The lowest BCUT2D eigenvalue weighted by atomic mass is 9.90. The van der Waals surface area contributed by atoms with E-state index in [2.05, 4.69) is 10.6 Å². The van der Waals surface area contributed by atoms with Crippen molar-refractivity contribution in [1.29, 1.82) is 0 Å². The maximum absolute atomic E-state index is 13.2. The van der Waals surface area contributed by atoms with Gasteiger partial charge in [0.25, 0.3) is 5.91 Å². The summed E-state index contributed by atoms with van der Waals surface area (Å²) in [6.07, 6.45) is -1.48. The van der Waals surface area contributed by atoms with E-state index in [9.17, 15) is 29.0 Å². The molecule has 0 bridgehead atoms. The first kappa shape index (κ1) is 20.8. The fourth-order valence-corrected chi connectivity index (χ4v) is 2.73. The van der Waals surface area contributed by atoms with Crippen LogP contribution in [0.1, 0.15) is 23.2 Å². The van der Waals surface area contributed by atoms with Gasteiger partial charge in [-0.15, -0.1) is 0 Å². The number of aliphatic hydroxyl groups is 2. The molecule has 3 atom stereocenters. The van der Waals surface area contributed by atoms with Gasteiger partial charge in [-0.3, -0.25) is 14.4 Å². The Morgan fingerprint density at radius 1 is 1.26 bits per heavy atom. The Kier molecular flexibility index (Phi) is 6.89. The van der Waals surface area contributed by atoms with Crippen molar-refractivity contribution < 1.29 is 29.0 Å². The number of hydrogen-bond donors (Lipinski definition) is 5. The molecular weight excluding hydrogens is 381 g/mol. The molecule has 0 fully saturated rings. The zero-order valence-electron chi connectivity index (χ0n) is 14.1. The average molecular weight is 400 g/mol. The van der Waals surface area contributed by atoms with E-state index in [1.807, 2.05) is 0 Å². The lowest BCUT2D eigenvalue weighted by Gasteiger charge is -2.31. The van der Waals surface area contributed by atoms with Gasteiger partial charge in [-0.25, -0.2) is 4.39 Å². The van der Waals surface area contributed by atoms with Crippen LogP contribution >= 0.6 is 11.6 Å². The molecule has 27 heavy (non-hydrogen) atoms. The van der Waals surface area contributed by atoms with Crippen molar-refractivity contribution in [2.24, 2.45) is 5.73 Å². The highest BCUT2D eigenvalue weighted by Crippen LogP contribution is 2.21. The minimum atomic E-state index is -1.34. The Balaban J connectivity index is 2.10. The third-order valence-corrected chi connectivity index (χ3v) is 4.29. The predicted molar refractivity (Wildman–Crippen MR) is 94.2 cm³/mol. The molecule has 0 spiro atoms. The number of primary amides is 1. The third kappa shape index (κ3) is 5.49. The van der Waals surface area contributed by atoms with Crippen molar-refractivity contribution in [3.63, 3.8) is 0 Å².